The van der Waals surface area contributed by atoms with Gasteiger partial charge in [0.15, 0.2) is 0 Å². The molecule has 19 heavy (non-hydrogen) atoms. The van der Waals surface area contributed by atoms with Gasteiger partial charge in [-0.1, -0.05) is 24.6 Å². The summed E-state index contributed by atoms with van der Waals surface area (Å²) in [5.41, 5.74) is 0.868. The molecule has 1 saturated carbocycles. The van der Waals surface area contributed by atoms with Gasteiger partial charge in [-0.25, -0.2) is 0 Å². The lowest BCUT2D eigenvalue weighted by Gasteiger charge is -2.25. The number of carbonyl (C=O) groups excluding carboxylic acids is 2. The van der Waals surface area contributed by atoms with E-state index in [4.69, 9.17) is 0 Å². The van der Waals surface area contributed by atoms with E-state index in [2.05, 4.69) is 5.32 Å². The summed E-state index contributed by atoms with van der Waals surface area (Å²) >= 11 is 0. The van der Waals surface area contributed by atoms with Crippen molar-refractivity contribution in [3.05, 3.63) is 30.3 Å². The highest BCUT2D eigenvalue weighted by Crippen LogP contribution is 2.26. The van der Waals surface area contributed by atoms with Crippen LogP contribution >= 0.6 is 0 Å². The first-order valence-corrected chi connectivity index (χ1v) is 6.85. The van der Waals surface area contributed by atoms with Crippen molar-refractivity contribution in [3.8, 4) is 0 Å². The zero-order valence-electron chi connectivity index (χ0n) is 11.3. The van der Waals surface area contributed by atoms with Crippen molar-refractivity contribution in [1.29, 1.82) is 0 Å². The average Bonchev–Trinajstić information content (AvgIpc) is 2.36. The molecule has 1 aliphatic rings. The van der Waals surface area contributed by atoms with Gasteiger partial charge in [-0.2, -0.15) is 0 Å². The van der Waals surface area contributed by atoms with Gasteiger partial charge in [0.1, 0.15) is 0 Å². The molecule has 0 aliphatic heterocycles. The molecule has 2 amide bonds. The van der Waals surface area contributed by atoms with E-state index in [1.165, 1.54) is 0 Å². The van der Waals surface area contributed by atoms with Gasteiger partial charge in [0.05, 0.1) is 6.54 Å². The summed E-state index contributed by atoms with van der Waals surface area (Å²) in [4.78, 5) is 25.5. The number of nitrogens with one attached hydrogen (secondary N) is 1. The Morgan fingerprint density at radius 1 is 1.26 bits per heavy atom. The molecule has 0 aromatic heterocycles. The normalized spacial score (nSPS) is 14.6. The average molecular weight is 260 g/mol. The van der Waals surface area contributed by atoms with Gasteiger partial charge in [0.25, 0.3) is 0 Å². The van der Waals surface area contributed by atoms with Gasteiger partial charge >= 0.3 is 0 Å². The van der Waals surface area contributed by atoms with Crippen molar-refractivity contribution >= 4 is 17.5 Å². The zero-order chi connectivity index (χ0) is 13.7. The highest BCUT2D eigenvalue weighted by molar-refractivity contribution is 5.96. The molecule has 1 aromatic rings. The fraction of sp³-hybridized carbons (Fsp3) is 0.467. The first-order valence-electron chi connectivity index (χ1n) is 6.85. The zero-order valence-corrected chi connectivity index (χ0v) is 11.3. The van der Waals surface area contributed by atoms with E-state index in [1.54, 1.807) is 4.90 Å². The van der Waals surface area contributed by atoms with Crippen molar-refractivity contribution in [2.24, 2.45) is 5.92 Å². The van der Waals surface area contributed by atoms with Crippen LogP contribution in [0.4, 0.5) is 5.69 Å². The third kappa shape index (κ3) is 3.34. The molecule has 0 spiro atoms. The number of hydrogen-bond acceptors (Lipinski definition) is 2. The molecule has 0 radical (unpaired) electrons. The van der Waals surface area contributed by atoms with Gasteiger partial charge in [-0.05, 0) is 31.9 Å². The number of amides is 2. The molecule has 2 rings (SSSR count). The maximum Gasteiger partial charge on any atom is 0.246 e. The second-order valence-corrected chi connectivity index (χ2v) is 4.82. The molecular formula is C15H20N2O2. The first-order chi connectivity index (χ1) is 9.22. The fourth-order valence-corrected chi connectivity index (χ4v) is 2.18. The molecular weight excluding hydrogens is 240 g/mol. The Hall–Kier alpha value is -1.84. The lowest BCUT2D eigenvalue weighted by atomic mass is 9.85. The minimum Gasteiger partial charge on any atom is -0.347 e. The van der Waals surface area contributed by atoms with Crippen molar-refractivity contribution < 1.29 is 9.59 Å². The maximum absolute atomic E-state index is 12.1. The summed E-state index contributed by atoms with van der Waals surface area (Å²) in [6.07, 6.45) is 3.03. The lowest BCUT2D eigenvalue weighted by molar-refractivity contribution is -0.129. The SMILES string of the molecule is CCN(C(=O)CNC(=O)C1CCC1)c1ccccc1. The lowest BCUT2D eigenvalue weighted by Crippen LogP contribution is -2.43. The summed E-state index contributed by atoms with van der Waals surface area (Å²) in [6.45, 7) is 2.61. The maximum atomic E-state index is 12.1. The molecule has 1 fully saturated rings. The Labute approximate surface area is 113 Å². The van der Waals surface area contributed by atoms with Gasteiger partial charge in [0, 0.05) is 18.2 Å². The number of para-hydroxylation sites is 1. The molecule has 0 bridgehead atoms. The summed E-state index contributed by atoms with van der Waals surface area (Å²) in [5.74, 6) is 0.0738. The second kappa shape index (κ2) is 6.36. The van der Waals surface area contributed by atoms with E-state index in [9.17, 15) is 9.59 Å². The van der Waals surface area contributed by atoms with E-state index in [-0.39, 0.29) is 24.3 Å². The van der Waals surface area contributed by atoms with Crippen molar-refractivity contribution in [3.63, 3.8) is 0 Å². The molecule has 1 aliphatic carbocycles. The molecule has 102 valence electrons. The van der Waals surface area contributed by atoms with Crippen LogP contribution in [0.3, 0.4) is 0 Å². The number of likely N-dealkylation sites (N-methyl/N-ethyl adjacent to an activating group) is 1. The van der Waals surface area contributed by atoms with E-state index < -0.39 is 0 Å². The topological polar surface area (TPSA) is 49.4 Å². The Bertz CT molecular complexity index is 441. The van der Waals surface area contributed by atoms with Gasteiger partial charge in [-0.3, -0.25) is 9.59 Å². The van der Waals surface area contributed by atoms with Gasteiger partial charge in [-0.15, -0.1) is 0 Å². The second-order valence-electron chi connectivity index (χ2n) is 4.82. The fourth-order valence-electron chi connectivity index (χ4n) is 2.18. The molecule has 0 atom stereocenters. The Balaban J connectivity index is 1.88. The van der Waals surface area contributed by atoms with Crippen LogP contribution in [-0.4, -0.2) is 24.9 Å². The number of rotatable bonds is 5. The summed E-state index contributed by atoms with van der Waals surface area (Å²) in [7, 11) is 0. The monoisotopic (exact) mass is 260 g/mol. The number of benzene rings is 1. The van der Waals surface area contributed by atoms with Crippen LogP contribution in [0.15, 0.2) is 30.3 Å². The van der Waals surface area contributed by atoms with Crippen LogP contribution in [0.1, 0.15) is 26.2 Å². The molecule has 4 heteroatoms. The van der Waals surface area contributed by atoms with E-state index in [0.717, 1.165) is 24.9 Å². The number of nitrogens with zero attached hydrogens (tertiary/aromatic N) is 1. The molecule has 0 saturated heterocycles. The van der Waals surface area contributed by atoms with Crippen molar-refractivity contribution in [2.45, 2.75) is 26.2 Å². The highest BCUT2D eigenvalue weighted by Gasteiger charge is 2.25. The third-order valence-electron chi connectivity index (χ3n) is 3.57. The summed E-state index contributed by atoms with van der Waals surface area (Å²) < 4.78 is 0. The largest absolute Gasteiger partial charge is 0.347 e. The number of hydrogen-bond donors (Lipinski definition) is 1. The Kier molecular flexibility index (Phi) is 4.55. The van der Waals surface area contributed by atoms with Crippen LogP contribution in [0.25, 0.3) is 0 Å². The van der Waals surface area contributed by atoms with E-state index >= 15 is 0 Å². The quantitative estimate of drug-likeness (QED) is 0.879. The van der Waals surface area contributed by atoms with Crippen LogP contribution in [0.2, 0.25) is 0 Å². The standard InChI is InChI=1S/C15H20N2O2/c1-2-17(13-9-4-3-5-10-13)14(18)11-16-15(19)12-7-6-8-12/h3-5,9-10,12H,2,6-8,11H2,1H3,(H,16,19). The van der Waals surface area contributed by atoms with Crippen molar-refractivity contribution in [1.82, 2.24) is 5.32 Å². The third-order valence-corrected chi connectivity index (χ3v) is 3.57. The molecule has 1 aromatic carbocycles. The predicted octanol–water partition coefficient (Wildman–Crippen LogP) is 1.96. The Morgan fingerprint density at radius 3 is 2.47 bits per heavy atom. The molecule has 1 N–H and O–H groups in total. The highest BCUT2D eigenvalue weighted by atomic mass is 16.2. The van der Waals surface area contributed by atoms with Crippen LogP contribution in [-0.2, 0) is 9.59 Å². The van der Waals surface area contributed by atoms with Crippen LogP contribution < -0.4 is 10.2 Å². The van der Waals surface area contributed by atoms with E-state index in [1.807, 2.05) is 37.3 Å². The summed E-state index contributed by atoms with van der Waals surface area (Å²) in [5, 5.41) is 2.74. The predicted molar refractivity (Wildman–Crippen MR) is 74.8 cm³/mol. The van der Waals surface area contributed by atoms with Crippen LogP contribution in [0, 0.1) is 5.92 Å². The van der Waals surface area contributed by atoms with Crippen molar-refractivity contribution in [2.75, 3.05) is 18.0 Å². The minimum absolute atomic E-state index is 0.0173. The number of carbonyl (C=O) groups is 2. The van der Waals surface area contributed by atoms with Gasteiger partial charge in [0.2, 0.25) is 11.8 Å². The first kappa shape index (κ1) is 13.6. The summed E-state index contributed by atoms with van der Waals surface area (Å²) in [6, 6.07) is 9.51. The molecule has 0 unspecified atom stereocenters. The Morgan fingerprint density at radius 2 is 1.95 bits per heavy atom. The van der Waals surface area contributed by atoms with Gasteiger partial charge < -0.3 is 10.2 Å². The van der Waals surface area contributed by atoms with Crippen LogP contribution in [0.5, 0.6) is 0 Å². The number of anilines is 1. The van der Waals surface area contributed by atoms with E-state index in [0.29, 0.717) is 6.54 Å². The smallest absolute Gasteiger partial charge is 0.246 e. The molecule has 0 heterocycles. The minimum atomic E-state index is -0.0682. The molecule has 4 nitrogen and oxygen atoms in total.